The number of hydrogen-bond donors (Lipinski definition) is 5. The molecule has 0 amide bonds. The van der Waals surface area contributed by atoms with E-state index in [1.807, 2.05) is 36.4 Å². The first-order valence-electron chi connectivity index (χ1n) is 13.0. The molecule has 0 saturated heterocycles. The molecule has 4 rings (SSSR count). The average Bonchev–Trinajstić information content (AvgIpc) is 2.98. The van der Waals surface area contributed by atoms with E-state index in [1.54, 1.807) is 38.6 Å². The fourth-order valence-electron chi connectivity index (χ4n) is 3.99. The first-order chi connectivity index (χ1) is 20.0. The number of phenolic OH excluding ortho intramolecular Hbond substituents is 1. The number of aliphatic hydroxyl groups excluding tert-OH is 1. The Morgan fingerprint density at radius 3 is 2.39 bits per heavy atom. The highest BCUT2D eigenvalue weighted by Crippen LogP contribution is 2.35. The van der Waals surface area contributed by atoms with E-state index in [0.29, 0.717) is 60.5 Å². The minimum Gasteiger partial charge on any atom is -0.508 e. The molecular formula is C30H35N5O6. The number of nitrogens with two attached hydrogens (primary N) is 1. The molecule has 0 radical (unpaired) electrons. The Hall–Kier alpha value is -4.58. The summed E-state index contributed by atoms with van der Waals surface area (Å²) < 4.78 is 22.0. The minimum atomic E-state index is -0.806. The third kappa shape index (κ3) is 8.21. The number of anilines is 2. The number of fused-ring (bicyclic) bond motifs is 1. The number of aromatic nitrogens is 2. The van der Waals surface area contributed by atoms with Crippen LogP contribution in [0.15, 0.2) is 73.2 Å². The molecule has 0 aliphatic rings. The lowest BCUT2D eigenvalue weighted by Gasteiger charge is -2.15. The predicted molar refractivity (Wildman–Crippen MR) is 157 cm³/mol. The molecule has 6 N–H and O–H groups in total. The predicted octanol–water partition coefficient (Wildman–Crippen LogP) is 3.71. The van der Waals surface area contributed by atoms with Crippen molar-refractivity contribution in [1.82, 2.24) is 15.3 Å². The Morgan fingerprint density at radius 1 is 0.927 bits per heavy atom. The molecule has 41 heavy (non-hydrogen) atoms. The van der Waals surface area contributed by atoms with E-state index in [0.717, 1.165) is 16.6 Å². The summed E-state index contributed by atoms with van der Waals surface area (Å²) in [7, 11) is 3.23. The molecule has 0 fully saturated rings. The molecule has 3 aromatic carbocycles. The summed E-state index contributed by atoms with van der Waals surface area (Å²) in [6.45, 7) is 1.81. The van der Waals surface area contributed by atoms with Crippen molar-refractivity contribution in [1.29, 1.82) is 0 Å². The molecule has 1 heterocycles. The van der Waals surface area contributed by atoms with E-state index in [2.05, 4.69) is 20.6 Å². The first-order valence-corrected chi connectivity index (χ1v) is 13.0. The van der Waals surface area contributed by atoms with Crippen LogP contribution in [0.25, 0.3) is 16.6 Å². The Bertz CT molecular complexity index is 1460. The number of nitrogens with one attached hydrogen (secondary N) is 2. The highest BCUT2D eigenvalue weighted by Gasteiger charge is 2.13. The minimum absolute atomic E-state index is 0.100. The van der Waals surface area contributed by atoms with E-state index in [-0.39, 0.29) is 12.3 Å². The van der Waals surface area contributed by atoms with Crippen molar-refractivity contribution in [2.45, 2.75) is 6.10 Å². The van der Waals surface area contributed by atoms with Crippen molar-refractivity contribution < 1.29 is 29.2 Å². The molecule has 4 aromatic rings. The largest absolute Gasteiger partial charge is 0.508 e. The second-order valence-electron chi connectivity index (χ2n) is 9.05. The van der Waals surface area contributed by atoms with Crippen LogP contribution in [-0.2, 0) is 9.47 Å². The smallest absolute Gasteiger partial charge is 0.163 e. The van der Waals surface area contributed by atoms with Crippen LogP contribution in [0, 0.1) is 0 Å². The molecule has 11 nitrogen and oxygen atoms in total. The summed E-state index contributed by atoms with van der Waals surface area (Å²) in [5.41, 5.74) is 9.62. The number of phenols is 1. The molecule has 1 unspecified atom stereocenters. The maximum atomic E-state index is 10.4. The Labute approximate surface area is 238 Å². The summed E-state index contributed by atoms with van der Waals surface area (Å²) in [6, 6.07) is 17.7. The number of hydrogen-bond acceptors (Lipinski definition) is 11. The lowest BCUT2D eigenvalue weighted by molar-refractivity contribution is 0.132. The number of ether oxygens (including phenoxy) is 4. The molecular weight excluding hydrogens is 526 g/mol. The zero-order valence-corrected chi connectivity index (χ0v) is 23.0. The van der Waals surface area contributed by atoms with Gasteiger partial charge in [0, 0.05) is 49.7 Å². The van der Waals surface area contributed by atoms with Gasteiger partial charge in [-0.25, -0.2) is 9.97 Å². The lowest BCUT2D eigenvalue weighted by Crippen LogP contribution is -2.17. The van der Waals surface area contributed by atoms with Gasteiger partial charge < -0.3 is 45.5 Å². The monoisotopic (exact) mass is 561 g/mol. The molecule has 0 spiro atoms. The number of aliphatic hydroxyl groups is 1. The van der Waals surface area contributed by atoms with Crippen LogP contribution in [0.3, 0.4) is 0 Å². The van der Waals surface area contributed by atoms with Crippen molar-refractivity contribution in [3.63, 3.8) is 0 Å². The number of methoxy groups -OCH3 is 2. The molecule has 0 aliphatic heterocycles. The fourth-order valence-corrected chi connectivity index (χ4v) is 3.99. The molecule has 1 atom stereocenters. The summed E-state index contributed by atoms with van der Waals surface area (Å²) in [6.07, 6.45) is 2.31. The number of nitrogens with zero attached hydrogens (tertiary/aromatic N) is 2. The number of aromatic hydroxyl groups is 1. The zero-order valence-electron chi connectivity index (χ0n) is 23.0. The van der Waals surface area contributed by atoms with Crippen LogP contribution < -0.4 is 25.8 Å². The third-order valence-electron chi connectivity index (χ3n) is 6.07. The van der Waals surface area contributed by atoms with Crippen LogP contribution in [0.1, 0.15) is 17.2 Å². The first kappa shape index (κ1) is 29.4. The van der Waals surface area contributed by atoms with Gasteiger partial charge in [0.1, 0.15) is 31.1 Å². The van der Waals surface area contributed by atoms with E-state index in [1.165, 1.54) is 12.4 Å². The average molecular weight is 562 g/mol. The summed E-state index contributed by atoms with van der Waals surface area (Å²) in [5, 5.41) is 27.1. The van der Waals surface area contributed by atoms with Crippen molar-refractivity contribution in [3.05, 3.63) is 84.3 Å². The molecule has 216 valence electrons. The van der Waals surface area contributed by atoms with E-state index >= 15 is 0 Å². The van der Waals surface area contributed by atoms with Crippen molar-refractivity contribution in [2.24, 2.45) is 5.73 Å². The molecule has 0 bridgehead atoms. The van der Waals surface area contributed by atoms with Gasteiger partial charge in [-0.2, -0.15) is 0 Å². The highest BCUT2D eigenvalue weighted by molar-refractivity contribution is 5.93. The van der Waals surface area contributed by atoms with Gasteiger partial charge in [-0.05, 0) is 35.9 Å². The number of rotatable bonds is 15. The van der Waals surface area contributed by atoms with E-state index in [9.17, 15) is 10.2 Å². The second kappa shape index (κ2) is 14.7. The molecule has 0 aliphatic carbocycles. The van der Waals surface area contributed by atoms with Crippen molar-refractivity contribution in [3.8, 4) is 17.2 Å². The van der Waals surface area contributed by atoms with Gasteiger partial charge >= 0.3 is 0 Å². The van der Waals surface area contributed by atoms with Gasteiger partial charge in [0.05, 0.1) is 30.5 Å². The molecule has 1 aromatic heterocycles. The maximum Gasteiger partial charge on any atom is 0.163 e. The normalized spacial score (nSPS) is 12.2. The van der Waals surface area contributed by atoms with Crippen LogP contribution in [-0.4, -0.2) is 67.4 Å². The SMILES string of the molecule is COCCOc1cc2ncnc(Nc3cccc(/C(N)=C/NCC(O)c4cccc(O)c4)c3)c2cc1OCCOC. The van der Waals surface area contributed by atoms with Crippen LogP contribution in [0.5, 0.6) is 17.2 Å². The van der Waals surface area contributed by atoms with Crippen LogP contribution in [0.4, 0.5) is 11.5 Å². The van der Waals surface area contributed by atoms with Gasteiger partial charge in [-0.3, -0.25) is 0 Å². The third-order valence-corrected chi connectivity index (χ3v) is 6.07. The topological polar surface area (TPSA) is 153 Å². The van der Waals surface area contributed by atoms with Gasteiger partial charge in [-0.1, -0.05) is 24.3 Å². The van der Waals surface area contributed by atoms with Crippen LogP contribution >= 0.6 is 0 Å². The lowest BCUT2D eigenvalue weighted by atomic mass is 10.1. The quantitative estimate of drug-likeness (QED) is 0.135. The summed E-state index contributed by atoms with van der Waals surface area (Å²) >= 11 is 0. The zero-order chi connectivity index (χ0) is 29.0. The standard InChI is InChI=1S/C30H35N5O6/c1-38-9-11-40-28-15-24-26(16-29(28)41-12-10-39-2)33-19-34-30(24)35-22-7-3-5-20(13-22)25(31)17-32-18-27(37)21-6-4-8-23(36)14-21/h3-8,13-17,19,27,32,36-37H,9-12,18,31H2,1-2H3,(H,33,34,35)/b25-17-. The molecule has 11 heteroatoms. The van der Waals surface area contributed by atoms with Gasteiger partial charge in [0.25, 0.3) is 0 Å². The van der Waals surface area contributed by atoms with Gasteiger partial charge in [-0.15, -0.1) is 0 Å². The number of benzene rings is 3. The van der Waals surface area contributed by atoms with Crippen molar-refractivity contribution >= 4 is 28.1 Å². The Kier molecular flexibility index (Phi) is 10.5. The fraction of sp³-hybridized carbons (Fsp3) is 0.267. The van der Waals surface area contributed by atoms with Crippen molar-refractivity contribution in [2.75, 3.05) is 52.5 Å². The Balaban J connectivity index is 1.50. The Morgan fingerprint density at radius 2 is 1.66 bits per heavy atom. The second-order valence-corrected chi connectivity index (χ2v) is 9.05. The van der Waals surface area contributed by atoms with E-state index in [4.69, 9.17) is 24.7 Å². The summed E-state index contributed by atoms with van der Waals surface area (Å²) in [5.74, 6) is 1.78. The summed E-state index contributed by atoms with van der Waals surface area (Å²) in [4.78, 5) is 8.87. The van der Waals surface area contributed by atoms with Gasteiger partial charge in [0.15, 0.2) is 11.5 Å². The van der Waals surface area contributed by atoms with Crippen LogP contribution in [0.2, 0.25) is 0 Å². The molecule has 0 saturated carbocycles. The maximum absolute atomic E-state index is 10.4. The van der Waals surface area contributed by atoms with Gasteiger partial charge in [0.2, 0.25) is 0 Å². The highest BCUT2D eigenvalue weighted by atomic mass is 16.5. The van der Waals surface area contributed by atoms with E-state index < -0.39 is 6.10 Å².